The van der Waals surface area contributed by atoms with Crippen molar-refractivity contribution in [3.8, 4) is 0 Å². The summed E-state index contributed by atoms with van der Waals surface area (Å²) in [4.78, 5) is 30.8. The molecule has 1 aliphatic heterocycles. The summed E-state index contributed by atoms with van der Waals surface area (Å²) in [7, 11) is 0. The summed E-state index contributed by atoms with van der Waals surface area (Å²) in [6, 6.07) is 22.5. The lowest BCUT2D eigenvalue weighted by molar-refractivity contribution is -0.133. The number of thioether (sulfide) groups is 1. The molecule has 0 radical (unpaired) electrons. The van der Waals surface area contributed by atoms with Crippen LogP contribution in [0.4, 0.5) is 0 Å². The zero-order chi connectivity index (χ0) is 24.2. The molecule has 35 heavy (non-hydrogen) atoms. The molecule has 2 aromatic carbocycles. The summed E-state index contributed by atoms with van der Waals surface area (Å²) in [5.41, 5.74) is 3.36. The zero-order valence-corrected chi connectivity index (χ0v) is 21.5. The Morgan fingerprint density at radius 3 is 2.71 bits per heavy atom. The van der Waals surface area contributed by atoms with Gasteiger partial charge in [-0.05, 0) is 54.8 Å². The minimum atomic E-state index is -0.0655. The first-order valence-corrected chi connectivity index (χ1v) is 13.9. The molecule has 6 heteroatoms. The highest BCUT2D eigenvalue weighted by Crippen LogP contribution is 2.44. The summed E-state index contributed by atoms with van der Waals surface area (Å²) in [6.07, 6.45) is 4.52. The van der Waals surface area contributed by atoms with Gasteiger partial charge in [-0.1, -0.05) is 66.2 Å². The summed E-state index contributed by atoms with van der Waals surface area (Å²) < 4.78 is 0. The summed E-state index contributed by atoms with van der Waals surface area (Å²) in [6.45, 7) is 3.22. The van der Waals surface area contributed by atoms with Crippen LogP contribution in [0.25, 0.3) is 6.08 Å². The monoisotopic (exact) mass is 502 g/mol. The Balaban J connectivity index is 1.37. The second-order valence-electron chi connectivity index (χ2n) is 9.37. The molecule has 1 aliphatic carbocycles. The van der Waals surface area contributed by atoms with Crippen molar-refractivity contribution in [1.82, 2.24) is 10.2 Å². The number of nitrogens with zero attached hydrogens (tertiary/aromatic N) is 1. The fraction of sp³-hybridized carbons (Fsp3) is 0.310. The molecule has 180 valence electrons. The van der Waals surface area contributed by atoms with E-state index in [0.717, 1.165) is 33.8 Å². The fourth-order valence-corrected chi connectivity index (χ4v) is 7.11. The Morgan fingerprint density at radius 1 is 1.09 bits per heavy atom. The van der Waals surface area contributed by atoms with Crippen LogP contribution in [0.1, 0.15) is 40.8 Å². The minimum Gasteiger partial charge on any atom is -0.351 e. The maximum atomic E-state index is 13.8. The maximum Gasteiger partial charge on any atom is 0.260 e. The summed E-state index contributed by atoms with van der Waals surface area (Å²) in [5.74, 6) is 0.112. The average molecular weight is 503 g/mol. The number of fused-ring (bicyclic) bond motifs is 1. The summed E-state index contributed by atoms with van der Waals surface area (Å²) in [5, 5.41) is 5.45. The Labute approximate surface area is 215 Å². The number of thiophene rings is 1. The number of carbonyl (C=O) groups is 2. The van der Waals surface area contributed by atoms with Gasteiger partial charge in [0.2, 0.25) is 5.91 Å². The molecule has 5 rings (SSSR count). The zero-order valence-electron chi connectivity index (χ0n) is 19.9. The van der Waals surface area contributed by atoms with Gasteiger partial charge >= 0.3 is 0 Å². The van der Waals surface area contributed by atoms with Gasteiger partial charge in [0.1, 0.15) is 0 Å². The quantitative estimate of drug-likeness (QED) is 0.419. The molecule has 3 aromatic rings. The molecular formula is C29H30N2O2S2. The van der Waals surface area contributed by atoms with Gasteiger partial charge in [-0.25, -0.2) is 0 Å². The third-order valence-electron chi connectivity index (χ3n) is 6.83. The van der Waals surface area contributed by atoms with E-state index < -0.39 is 0 Å². The number of hydrogen-bond acceptors (Lipinski definition) is 4. The SMILES string of the molecule is Cc1cccc(CN2C(=O)/C(=C/c3ccccc3)SC3CCC(C(=O)NCc4cccs4)CC32)c1. The molecule has 2 aliphatic rings. The Morgan fingerprint density at radius 2 is 1.94 bits per heavy atom. The van der Waals surface area contributed by atoms with Crippen molar-refractivity contribution in [1.29, 1.82) is 0 Å². The number of amides is 2. The van der Waals surface area contributed by atoms with Gasteiger partial charge in [-0.2, -0.15) is 0 Å². The second kappa shape index (κ2) is 10.8. The van der Waals surface area contributed by atoms with Gasteiger partial charge in [-0.15, -0.1) is 23.1 Å². The molecule has 2 fully saturated rings. The van der Waals surface area contributed by atoms with Crippen LogP contribution in [0, 0.1) is 12.8 Å². The number of carbonyl (C=O) groups excluding carboxylic acids is 2. The molecule has 4 nitrogen and oxygen atoms in total. The smallest absolute Gasteiger partial charge is 0.260 e. The van der Waals surface area contributed by atoms with Gasteiger partial charge < -0.3 is 10.2 Å². The van der Waals surface area contributed by atoms with E-state index in [1.807, 2.05) is 64.9 Å². The minimum absolute atomic E-state index is 0.0483. The first-order chi connectivity index (χ1) is 17.1. The van der Waals surface area contributed by atoms with Crippen molar-refractivity contribution >= 4 is 41.0 Å². The number of benzene rings is 2. The van der Waals surface area contributed by atoms with Gasteiger partial charge in [0.25, 0.3) is 5.91 Å². The van der Waals surface area contributed by atoms with Gasteiger partial charge in [0.15, 0.2) is 0 Å². The van der Waals surface area contributed by atoms with Crippen molar-refractivity contribution in [2.75, 3.05) is 0 Å². The van der Waals surface area contributed by atoms with Crippen molar-refractivity contribution < 1.29 is 9.59 Å². The topological polar surface area (TPSA) is 49.4 Å². The Hall–Kier alpha value is -2.83. The Bertz CT molecular complexity index is 1210. The maximum absolute atomic E-state index is 13.8. The molecule has 0 bridgehead atoms. The van der Waals surface area contributed by atoms with E-state index in [0.29, 0.717) is 24.8 Å². The van der Waals surface area contributed by atoms with Crippen molar-refractivity contribution in [2.45, 2.75) is 50.6 Å². The van der Waals surface area contributed by atoms with Crippen molar-refractivity contribution in [3.63, 3.8) is 0 Å². The van der Waals surface area contributed by atoms with Crippen LogP contribution < -0.4 is 5.32 Å². The predicted molar refractivity (Wildman–Crippen MR) is 145 cm³/mol. The van der Waals surface area contributed by atoms with Crippen LogP contribution in [0.5, 0.6) is 0 Å². The third-order valence-corrected chi connectivity index (χ3v) is 9.10. The lowest BCUT2D eigenvalue weighted by Crippen LogP contribution is -2.53. The van der Waals surface area contributed by atoms with E-state index in [1.165, 1.54) is 5.56 Å². The summed E-state index contributed by atoms with van der Waals surface area (Å²) >= 11 is 3.36. The lowest BCUT2D eigenvalue weighted by Gasteiger charge is -2.46. The van der Waals surface area contributed by atoms with E-state index in [2.05, 4.69) is 30.4 Å². The molecule has 1 saturated carbocycles. The number of nitrogens with one attached hydrogen (secondary N) is 1. The van der Waals surface area contributed by atoms with Gasteiger partial charge in [0, 0.05) is 28.6 Å². The molecule has 3 unspecified atom stereocenters. The van der Waals surface area contributed by atoms with E-state index in [9.17, 15) is 9.59 Å². The number of rotatable bonds is 6. The van der Waals surface area contributed by atoms with Crippen molar-refractivity contribution in [3.05, 3.63) is 98.6 Å². The van der Waals surface area contributed by atoms with Crippen LogP contribution in [0.3, 0.4) is 0 Å². The van der Waals surface area contributed by atoms with Crippen LogP contribution in [0.15, 0.2) is 77.0 Å². The normalized spacial score (nSPS) is 23.2. The van der Waals surface area contributed by atoms with Gasteiger partial charge in [0.05, 0.1) is 11.4 Å². The average Bonchev–Trinajstić information content (AvgIpc) is 3.39. The molecule has 1 aromatic heterocycles. The number of hydrogen-bond donors (Lipinski definition) is 1. The van der Waals surface area contributed by atoms with Crippen LogP contribution in [-0.2, 0) is 22.7 Å². The first kappa shape index (κ1) is 23.9. The molecule has 2 heterocycles. The highest BCUT2D eigenvalue weighted by atomic mass is 32.2. The third kappa shape index (κ3) is 5.71. The lowest BCUT2D eigenvalue weighted by atomic mass is 9.83. The Kier molecular flexibility index (Phi) is 7.40. The van der Waals surface area contributed by atoms with E-state index in [4.69, 9.17) is 0 Å². The molecule has 0 spiro atoms. The molecule has 1 saturated heterocycles. The molecule has 2 amide bonds. The highest BCUT2D eigenvalue weighted by molar-refractivity contribution is 8.04. The van der Waals surface area contributed by atoms with Gasteiger partial charge in [-0.3, -0.25) is 9.59 Å². The van der Waals surface area contributed by atoms with E-state index in [-0.39, 0.29) is 23.8 Å². The van der Waals surface area contributed by atoms with E-state index in [1.54, 1.807) is 23.1 Å². The fourth-order valence-electron chi connectivity index (χ4n) is 5.05. The predicted octanol–water partition coefficient (Wildman–Crippen LogP) is 6.03. The first-order valence-electron chi connectivity index (χ1n) is 12.2. The van der Waals surface area contributed by atoms with Crippen LogP contribution >= 0.6 is 23.1 Å². The number of aryl methyl sites for hydroxylation is 1. The highest BCUT2D eigenvalue weighted by Gasteiger charge is 2.44. The molecule has 3 atom stereocenters. The van der Waals surface area contributed by atoms with E-state index >= 15 is 0 Å². The molecular weight excluding hydrogens is 472 g/mol. The van der Waals surface area contributed by atoms with Crippen LogP contribution in [0.2, 0.25) is 0 Å². The van der Waals surface area contributed by atoms with Crippen LogP contribution in [-0.4, -0.2) is 28.0 Å². The molecule has 1 N–H and O–H groups in total. The largest absolute Gasteiger partial charge is 0.351 e. The standard InChI is InChI=1S/C29H30N2O2S2/c1-20-7-5-10-22(15-20)19-31-25-17-23(28(32)30-18-24-11-6-14-34-24)12-13-26(25)35-27(29(31)33)16-21-8-3-2-4-9-21/h2-11,14-16,23,25-26H,12-13,17-19H2,1H3,(H,30,32)/b27-16-. The van der Waals surface area contributed by atoms with Crippen molar-refractivity contribution in [2.24, 2.45) is 5.92 Å². The second-order valence-corrected chi connectivity index (χ2v) is 11.7.